The van der Waals surface area contributed by atoms with Crippen molar-refractivity contribution in [3.8, 4) is 0 Å². The fourth-order valence-electron chi connectivity index (χ4n) is 3.10. The van der Waals surface area contributed by atoms with Crippen LogP contribution in [0.5, 0.6) is 0 Å². The topological polar surface area (TPSA) is 44.8 Å². The maximum Gasteiger partial charge on any atom is 0.156 e. The van der Waals surface area contributed by atoms with E-state index in [9.17, 15) is 0 Å². The van der Waals surface area contributed by atoms with E-state index >= 15 is 0 Å². The summed E-state index contributed by atoms with van der Waals surface area (Å²) in [6.45, 7) is 9.13. The van der Waals surface area contributed by atoms with Crippen molar-refractivity contribution in [1.82, 2.24) is 19.9 Å². The van der Waals surface area contributed by atoms with Gasteiger partial charge in [-0.05, 0) is 58.2 Å². The molecule has 108 valence electrons. The van der Waals surface area contributed by atoms with Gasteiger partial charge in [0.25, 0.3) is 0 Å². The summed E-state index contributed by atoms with van der Waals surface area (Å²) in [5, 5.41) is 0.508. The number of halogens is 1. The maximum absolute atomic E-state index is 6.10. The van der Waals surface area contributed by atoms with Gasteiger partial charge in [0.05, 0.1) is 5.52 Å². The molecule has 0 spiro atoms. The Hall–Kier alpha value is -1.13. The molecule has 1 N–H and O–H groups in total. The van der Waals surface area contributed by atoms with Crippen LogP contribution in [0.2, 0.25) is 5.15 Å². The predicted molar refractivity (Wildman–Crippen MR) is 82.2 cm³/mol. The average Bonchev–Trinajstić information content (AvgIpc) is 2.83. The number of hydrogen-bond donors (Lipinski definition) is 1. The van der Waals surface area contributed by atoms with Crippen molar-refractivity contribution in [1.29, 1.82) is 0 Å². The minimum absolute atomic E-state index is 0.261. The van der Waals surface area contributed by atoms with Crippen molar-refractivity contribution in [2.24, 2.45) is 0 Å². The van der Waals surface area contributed by atoms with Crippen molar-refractivity contribution in [3.63, 3.8) is 0 Å². The fourth-order valence-corrected chi connectivity index (χ4v) is 3.29. The van der Waals surface area contributed by atoms with Crippen LogP contribution in [-0.4, -0.2) is 38.5 Å². The largest absolute Gasteiger partial charge is 0.357 e. The molecular formula is C15H21ClN4. The highest BCUT2D eigenvalue weighted by atomic mass is 35.5. The molecule has 0 saturated carbocycles. The number of likely N-dealkylation sites (tertiary alicyclic amines) is 1. The van der Waals surface area contributed by atoms with Gasteiger partial charge in [-0.2, -0.15) is 0 Å². The molecule has 0 atom stereocenters. The van der Waals surface area contributed by atoms with Crippen molar-refractivity contribution in [2.75, 3.05) is 13.1 Å². The molecule has 1 aliphatic heterocycles. The first-order valence-electron chi connectivity index (χ1n) is 7.19. The normalized spacial score (nSPS) is 18.8. The first-order valence-corrected chi connectivity index (χ1v) is 7.57. The Morgan fingerprint density at radius 2 is 1.95 bits per heavy atom. The van der Waals surface area contributed by atoms with Crippen LogP contribution in [0.4, 0.5) is 0 Å². The summed E-state index contributed by atoms with van der Waals surface area (Å²) in [7, 11) is 0. The molecule has 0 bridgehead atoms. The highest BCUT2D eigenvalue weighted by Gasteiger charge is 2.29. The lowest BCUT2D eigenvalue weighted by Crippen LogP contribution is -2.45. The van der Waals surface area contributed by atoms with E-state index in [0.29, 0.717) is 11.1 Å². The van der Waals surface area contributed by atoms with E-state index in [1.807, 2.05) is 0 Å². The summed E-state index contributed by atoms with van der Waals surface area (Å²) in [6.07, 6.45) is 5.95. The van der Waals surface area contributed by atoms with Gasteiger partial charge in [-0.3, -0.25) is 4.90 Å². The molecule has 5 heteroatoms. The second-order valence-electron chi connectivity index (χ2n) is 6.56. The second-order valence-corrected chi connectivity index (χ2v) is 6.92. The molecule has 1 saturated heterocycles. The Bertz CT molecular complexity index is 606. The number of aromatic amines is 1. The molecule has 0 aliphatic carbocycles. The van der Waals surface area contributed by atoms with E-state index in [1.165, 1.54) is 18.4 Å². The van der Waals surface area contributed by atoms with E-state index < -0.39 is 0 Å². The Morgan fingerprint density at radius 1 is 1.25 bits per heavy atom. The van der Waals surface area contributed by atoms with Gasteiger partial charge < -0.3 is 4.98 Å². The Morgan fingerprint density at radius 3 is 2.60 bits per heavy atom. The number of nitrogens with one attached hydrogen (secondary N) is 1. The van der Waals surface area contributed by atoms with Gasteiger partial charge in [0, 0.05) is 11.7 Å². The number of fused-ring (bicyclic) bond motifs is 1. The lowest BCUT2D eigenvalue weighted by Gasteiger charge is -2.40. The van der Waals surface area contributed by atoms with Gasteiger partial charge in [0.2, 0.25) is 0 Å². The van der Waals surface area contributed by atoms with Crippen molar-refractivity contribution in [3.05, 3.63) is 23.2 Å². The number of piperidine rings is 1. The molecule has 3 heterocycles. The molecule has 2 aromatic heterocycles. The minimum Gasteiger partial charge on any atom is -0.357 e. The number of hydrogen-bond acceptors (Lipinski definition) is 3. The number of rotatable bonds is 1. The van der Waals surface area contributed by atoms with Crippen LogP contribution >= 0.6 is 11.6 Å². The number of H-pyrrole nitrogens is 1. The van der Waals surface area contributed by atoms with Crippen molar-refractivity contribution in [2.45, 2.75) is 45.1 Å². The lowest BCUT2D eigenvalue weighted by atomic mass is 9.88. The molecule has 1 aliphatic rings. The molecule has 2 aromatic rings. The summed E-state index contributed by atoms with van der Waals surface area (Å²) in [5.41, 5.74) is 3.40. The highest BCUT2D eigenvalue weighted by Crippen LogP contribution is 2.35. The SMILES string of the molecule is CC(C)(C)N1CCC(c2c[nH]c3c(Cl)ncnc23)CC1. The van der Waals surface area contributed by atoms with E-state index in [0.717, 1.165) is 24.1 Å². The summed E-state index contributed by atoms with van der Waals surface area (Å²) in [5.74, 6) is 0.563. The lowest BCUT2D eigenvalue weighted by molar-refractivity contribution is 0.102. The Labute approximate surface area is 124 Å². The zero-order valence-corrected chi connectivity index (χ0v) is 13.0. The zero-order chi connectivity index (χ0) is 14.3. The Kier molecular flexibility index (Phi) is 3.46. The molecule has 1 fully saturated rings. The van der Waals surface area contributed by atoms with Gasteiger partial charge >= 0.3 is 0 Å². The predicted octanol–water partition coefficient (Wildman–Crippen LogP) is 3.59. The first kappa shape index (κ1) is 13.8. The van der Waals surface area contributed by atoms with Gasteiger partial charge in [-0.1, -0.05) is 11.6 Å². The molecule has 4 nitrogen and oxygen atoms in total. The third-order valence-electron chi connectivity index (χ3n) is 4.33. The fraction of sp³-hybridized carbons (Fsp3) is 0.600. The molecule has 0 aromatic carbocycles. The van der Waals surface area contributed by atoms with E-state index in [-0.39, 0.29) is 5.54 Å². The monoisotopic (exact) mass is 292 g/mol. The minimum atomic E-state index is 0.261. The molecular weight excluding hydrogens is 272 g/mol. The molecule has 0 amide bonds. The quantitative estimate of drug-likeness (QED) is 0.817. The molecule has 0 unspecified atom stereocenters. The van der Waals surface area contributed by atoms with Crippen LogP contribution < -0.4 is 0 Å². The molecule has 3 rings (SSSR count). The van der Waals surface area contributed by atoms with Crippen LogP contribution in [0.25, 0.3) is 11.0 Å². The van der Waals surface area contributed by atoms with Crippen LogP contribution in [-0.2, 0) is 0 Å². The average molecular weight is 293 g/mol. The molecule has 0 radical (unpaired) electrons. The number of aromatic nitrogens is 3. The summed E-state index contributed by atoms with van der Waals surface area (Å²) in [4.78, 5) is 14.2. The zero-order valence-electron chi connectivity index (χ0n) is 12.3. The first-order chi connectivity index (χ1) is 9.47. The third kappa shape index (κ3) is 2.42. The van der Waals surface area contributed by atoms with Crippen LogP contribution in [0.1, 0.15) is 45.1 Å². The van der Waals surface area contributed by atoms with Crippen molar-refractivity contribution < 1.29 is 0 Å². The second kappa shape index (κ2) is 5.01. The van der Waals surface area contributed by atoms with E-state index in [1.54, 1.807) is 6.33 Å². The summed E-state index contributed by atoms with van der Waals surface area (Å²) >= 11 is 6.10. The number of nitrogens with zero attached hydrogens (tertiary/aromatic N) is 3. The van der Waals surface area contributed by atoms with Gasteiger partial charge in [-0.15, -0.1) is 0 Å². The molecule has 20 heavy (non-hydrogen) atoms. The van der Waals surface area contributed by atoms with Crippen LogP contribution in [0.3, 0.4) is 0 Å². The van der Waals surface area contributed by atoms with Gasteiger partial charge in [0.15, 0.2) is 5.15 Å². The van der Waals surface area contributed by atoms with E-state index in [4.69, 9.17) is 11.6 Å². The van der Waals surface area contributed by atoms with Crippen LogP contribution in [0, 0.1) is 0 Å². The third-order valence-corrected chi connectivity index (χ3v) is 4.62. The highest BCUT2D eigenvalue weighted by molar-refractivity contribution is 6.33. The smallest absolute Gasteiger partial charge is 0.156 e. The standard InChI is InChI=1S/C15H21ClN4/c1-15(2,3)20-6-4-10(5-7-20)11-8-17-13-12(11)18-9-19-14(13)16/h8-10,17H,4-7H2,1-3H3. The van der Waals surface area contributed by atoms with Crippen molar-refractivity contribution >= 4 is 22.6 Å². The summed E-state index contributed by atoms with van der Waals surface area (Å²) < 4.78 is 0. The Balaban J connectivity index is 1.82. The maximum atomic E-state index is 6.10. The summed E-state index contributed by atoms with van der Waals surface area (Å²) in [6, 6.07) is 0. The van der Waals surface area contributed by atoms with Crippen LogP contribution in [0.15, 0.2) is 12.5 Å². The van der Waals surface area contributed by atoms with Gasteiger partial charge in [0.1, 0.15) is 11.8 Å². The van der Waals surface area contributed by atoms with Gasteiger partial charge in [-0.25, -0.2) is 9.97 Å². The van der Waals surface area contributed by atoms with E-state index in [2.05, 4.69) is 46.8 Å².